The molecule has 5 N–H and O–H groups in total. The van der Waals surface area contributed by atoms with Gasteiger partial charge in [0.25, 0.3) is 0 Å². The summed E-state index contributed by atoms with van der Waals surface area (Å²) in [6.45, 7) is 6.87. The predicted octanol–water partition coefficient (Wildman–Crippen LogP) is 0.318. The zero-order chi connectivity index (χ0) is 25.6. The van der Waals surface area contributed by atoms with Gasteiger partial charge in [-0.2, -0.15) is 0 Å². The van der Waals surface area contributed by atoms with E-state index in [1.165, 1.54) is 14.0 Å². The molecule has 1 unspecified atom stereocenters. The average Bonchev–Trinajstić information content (AvgIpc) is 2.75. The highest BCUT2D eigenvalue weighted by atomic mass is 16.5. The molecule has 0 radical (unpaired) electrons. The van der Waals surface area contributed by atoms with Crippen molar-refractivity contribution in [2.75, 3.05) is 20.1 Å². The number of carbonyl (C=O) groups is 5. The van der Waals surface area contributed by atoms with Gasteiger partial charge in [0.1, 0.15) is 0 Å². The Balaban J connectivity index is 4.40. The SMILES string of the molecule is CNC(=O)CCC(=O)N(O)C(C)C(C)(C)NC(=O)CCC(=O)N(O)CCCCCNC(C)=O. The first-order valence-corrected chi connectivity index (χ1v) is 11.1. The molecule has 33 heavy (non-hydrogen) atoms. The maximum Gasteiger partial charge on any atom is 0.246 e. The summed E-state index contributed by atoms with van der Waals surface area (Å²) in [7, 11) is 1.45. The Kier molecular flexibility index (Phi) is 13.9. The number of hydroxylamine groups is 4. The van der Waals surface area contributed by atoms with E-state index in [2.05, 4.69) is 16.0 Å². The van der Waals surface area contributed by atoms with Gasteiger partial charge in [0.15, 0.2) is 0 Å². The molecule has 0 bridgehead atoms. The Morgan fingerprint density at radius 1 is 0.879 bits per heavy atom. The monoisotopic (exact) mass is 473 g/mol. The van der Waals surface area contributed by atoms with Gasteiger partial charge in [0.2, 0.25) is 29.5 Å². The van der Waals surface area contributed by atoms with Gasteiger partial charge in [-0.1, -0.05) is 0 Å². The van der Waals surface area contributed by atoms with Crippen LogP contribution in [0.2, 0.25) is 0 Å². The molecule has 0 spiro atoms. The normalized spacial score (nSPS) is 11.8. The second kappa shape index (κ2) is 15.2. The molecule has 0 rings (SSSR count). The summed E-state index contributed by atoms with van der Waals surface area (Å²) < 4.78 is 0. The second-order valence-electron chi connectivity index (χ2n) is 8.42. The summed E-state index contributed by atoms with van der Waals surface area (Å²) in [6.07, 6.45) is 1.37. The number of nitrogens with zero attached hydrogens (tertiary/aromatic N) is 2. The largest absolute Gasteiger partial charge is 0.359 e. The van der Waals surface area contributed by atoms with Gasteiger partial charge in [0, 0.05) is 52.7 Å². The van der Waals surface area contributed by atoms with Crippen LogP contribution in [-0.2, 0) is 24.0 Å². The lowest BCUT2D eigenvalue weighted by Gasteiger charge is -2.37. The summed E-state index contributed by atoms with van der Waals surface area (Å²) in [6, 6.07) is -0.804. The van der Waals surface area contributed by atoms with Crippen LogP contribution in [-0.4, -0.2) is 81.8 Å². The van der Waals surface area contributed by atoms with Crippen molar-refractivity contribution in [3.05, 3.63) is 0 Å². The Morgan fingerprint density at radius 2 is 1.45 bits per heavy atom. The fourth-order valence-corrected chi connectivity index (χ4v) is 2.81. The van der Waals surface area contributed by atoms with Crippen molar-refractivity contribution < 1.29 is 34.4 Å². The van der Waals surface area contributed by atoms with Crippen LogP contribution in [0.15, 0.2) is 0 Å². The molecule has 0 aliphatic rings. The number of carbonyl (C=O) groups excluding carboxylic acids is 5. The van der Waals surface area contributed by atoms with E-state index in [9.17, 15) is 34.4 Å². The van der Waals surface area contributed by atoms with Crippen molar-refractivity contribution in [3.63, 3.8) is 0 Å². The van der Waals surface area contributed by atoms with Crippen molar-refractivity contribution in [1.82, 2.24) is 26.1 Å². The molecule has 0 saturated heterocycles. The Morgan fingerprint density at radius 3 is 2.03 bits per heavy atom. The molecule has 1 atom stereocenters. The molecule has 0 saturated carbocycles. The second-order valence-corrected chi connectivity index (χ2v) is 8.42. The van der Waals surface area contributed by atoms with Crippen LogP contribution in [0.25, 0.3) is 0 Å². The molecule has 12 nitrogen and oxygen atoms in total. The van der Waals surface area contributed by atoms with E-state index in [1.807, 2.05) is 0 Å². The smallest absolute Gasteiger partial charge is 0.246 e. The van der Waals surface area contributed by atoms with E-state index in [-0.39, 0.29) is 44.0 Å². The molecule has 5 amide bonds. The number of amides is 5. The topological polar surface area (TPSA) is 168 Å². The highest BCUT2D eigenvalue weighted by Crippen LogP contribution is 2.16. The number of hydrogen-bond donors (Lipinski definition) is 5. The van der Waals surface area contributed by atoms with Gasteiger partial charge in [-0.25, -0.2) is 10.1 Å². The van der Waals surface area contributed by atoms with Crippen LogP contribution in [0, 0.1) is 0 Å². The van der Waals surface area contributed by atoms with Crippen LogP contribution in [0.4, 0.5) is 0 Å². The van der Waals surface area contributed by atoms with E-state index in [0.29, 0.717) is 23.1 Å². The third kappa shape index (κ3) is 12.8. The number of hydrogen-bond acceptors (Lipinski definition) is 7. The van der Waals surface area contributed by atoms with Crippen molar-refractivity contribution in [3.8, 4) is 0 Å². The molecular formula is C21H39N5O7. The van der Waals surface area contributed by atoms with Gasteiger partial charge in [-0.3, -0.25) is 34.4 Å². The molecule has 0 aliphatic carbocycles. The molecule has 0 aromatic rings. The molecule has 0 aromatic carbocycles. The van der Waals surface area contributed by atoms with Crippen molar-refractivity contribution in [2.45, 2.75) is 84.2 Å². The number of rotatable bonds is 15. The lowest BCUT2D eigenvalue weighted by atomic mass is 9.95. The predicted molar refractivity (Wildman–Crippen MR) is 119 cm³/mol. The quantitative estimate of drug-likeness (QED) is 0.130. The Labute approximate surface area is 195 Å². The highest BCUT2D eigenvalue weighted by molar-refractivity contribution is 5.84. The first kappa shape index (κ1) is 30.3. The Hall–Kier alpha value is -2.73. The van der Waals surface area contributed by atoms with Crippen LogP contribution >= 0.6 is 0 Å². The van der Waals surface area contributed by atoms with Crippen molar-refractivity contribution in [1.29, 1.82) is 0 Å². The molecule has 190 valence electrons. The molecular weight excluding hydrogens is 434 g/mol. The molecule has 0 heterocycles. The summed E-state index contributed by atoms with van der Waals surface area (Å²) in [5, 5.41) is 28.8. The first-order valence-electron chi connectivity index (χ1n) is 11.1. The van der Waals surface area contributed by atoms with Gasteiger partial charge >= 0.3 is 0 Å². The van der Waals surface area contributed by atoms with Crippen LogP contribution in [0.3, 0.4) is 0 Å². The van der Waals surface area contributed by atoms with Crippen molar-refractivity contribution >= 4 is 29.5 Å². The summed E-state index contributed by atoms with van der Waals surface area (Å²) in [5.74, 6) is -2.16. The van der Waals surface area contributed by atoms with Gasteiger partial charge < -0.3 is 16.0 Å². The minimum atomic E-state index is -1.02. The maximum absolute atomic E-state index is 12.3. The van der Waals surface area contributed by atoms with Crippen LogP contribution in [0.1, 0.15) is 72.6 Å². The zero-order valence-corrected chi connectivity index (χ0v) is 20.3. The van der Waals surface area contributed by atoms with Crippen LogP contribution in [0.5, 0.6) is 0 Å². The lowest BCUT2D eigenvalue weighted by molar-refractivity contribution is -0.181. The zero-order valence-electron chi connectivity index (χ0n) is 20.3. The summed E-state index contributed by atoms with van der Waals surface area (Å²) in [5.41, 5.74) is -1.02. The van der Waals surface area contributed by atoms with E-state index in [4.69, 9.17) is 0 Å². The molecule has 0 fully saturated rings. The van der Waals surface area contributed by atoms with Gasteiger partial charge in [-0.15, -0.1) is 0 Å². The minimum absolute atomic E-state index is 0.0685. The lowest BCUT2D eigenvalue weighted by Crippen LogP contribution is -2.58. The maximum atomic E-state index is 12.3. The van der Waals surface area contributed by atoms with Crippen molar-refractivity contribution in [2.24, 2.45) is 0 Å². The molecule has 0 aliphatic heterocycles. The van der Waals surface area contributed by atoms with E-state index < -0.39 is 29.3 Å². The highest BCUT2D eigenvalue weighted by Gasteiger charge is 2.34. The molecule has 0 aromatic heterocycles. The first-order chi connectivity index (χ1) is 15.3. The summed E-state index contributed by atoms with van der Waals surface area (Å²) in [4.78, 5) is 58.4. The van der Waals surface area contributed by atoms with Crippen LogP contribution < -0.4 is 16.0 Å². The average molecular weight is 474 g/mol. The number of unbranched alkanes of at least 4 members (excludes halogenated alkanes) is 2. The summed E-state index contributed by atoms with van der Waals surface area (Å²) >= 11 is 0. The third-order valence-electron chi connectivity index (χ3n) is 5.25. The fourth-order valence-electron chi connectivity index (χ4n) is 2.81. The number of nitrogens with one attached hydrogen (secondary N) is 3. The third-order valence-corrected chi connectivity index (χ3v) is 5.25. The van der Waals surface area contributed by atoms with E-state index in [1.54, 1.807) is 20.8 Å². The standard InChI is InChI=1S/C21H39N5O7/c1-15(26(33)20(31)12-9-17(28)22-5)21(3,4)24-18(29)10-11-19(30)25(32)14-8-6-7-13-23-16(2)27/h15,32-33H,6-14H2,1-5H3,(H,22,28)(H,23,27)(H,24,29). The molecule has 12 heteroatoms. The minimum Gasteiger partial charge on any atom is -0.359 e. The van der Waals surface area contributed by atoms with E-state index >= 15 is 0 Å². The fraction of sp³-hybridized carbons (Fsp3) is 0.762. The van der Waals surface area contributed by atoms with E-state index in [0.717, 1.165) is 12.8 Å². The van der Waals surface area contributed by atoms with Gasteiger partial charge in [-0.05, 0) is 40.0 Å². The Bertz CT molecular complexity index is 684. The van der Waals surface area contributed by atoms with Gasteiger partial charge in [0.05, 0.1) is 11.6 Å².